The fourth-order valence-corrected chi connectivity index (χ4v) is 5.10. The van der Waals surface area contributed by atoms with Gasteiger partial charge in [0, 0.05) is 24.5 Å². The molecule has 0 aromatic carbocycles. The summed E-state index contributed by atoms with van der Waals surface area (Å²) >= 11 is 3.68. The van der Waals surface area contributed by atoms with Crippen LogP contribution in [0.25, 0.3) is 0 Å². The van der Waals surface area contributed by atoms with E-state index in [2.05, 4.69) is 20.7 Å². The molecule has 112 valence electrons. The second-order valence-corrected chi connectivity index (χ2v) is 8.66. The van der Waals surface area contributed by atoms with Crippen LogP contribution in [0.15, 0.2) is 0 Å². The van der Waals surface area contributed by atoms with E-state index < -0.39 is 10.2 Å². The topological polar surface area (TPSA) is 49.4 Å². The lowest BCUT2D eigenvalue weighted by molar-refractivity contribution is 0.362. The molecule has 0 amide bonds. The van der Waals surface area contributed by atoms with E-state index >= 15 is 0 Å². The van der Waals surface area contributed by atoms with E-state index in [1.54, 1.807) is 4.31 Å². The first-order chi connectivity index (χ1) is 9.09. The van der Waals surface area contributed by atoms with Crippen LogP contribution in [0.4, 0.5) is 0 Å². The Balaban J connectivity index is 1.85. The highest BCUT2D eigenvalue weighted by Gasteiger charge is 2.27. The molecule has 0 aromatic heterocycles. The Hall–Kier alpha value is 0.350. The first kappa shape index (κ1) is 15.7. The van der Waals surface area contributed by atoms with Crippen molar-refractivity contribution in [1.82, 2.24) is 9.03 Å². The molecule has 2 atom stereocenters. The normalized spacial score (nSPS) is 31.0. The maximum atomic E-state index is 12.3. The lowest BCUT2D eigenvalue weighted by Gasteiger charge is -2.28. The molecule has 1 saturated carbocycles. The van der Waals surface area contributed by atoms with Gasteiger partial charge in [-0.25, -0.2) is 4.72 Å². The standard InChI is InChI=1S/C13H25BrN2O2S/c14-13-8-4-3-7-12(13)11-15-19(17,18)16-9-5-1-2-6-10-16/h12-13,15H,1-11H2. The first-order valence-electron chi connectivity index (χ1n) is 7.48. The van der Waals surface area contributed by atoms with Gasteiger partial charge in [0.05, 0.1) is 0 Å². The summed E-state index contributed by atoms with van der Waals surface area (Å²) in [6, 6.07) is 0. The Morgan fingerprint density at radius 1 is 1.00 bits per heavy atom. The van der Waals surface area contributed by atoms with E-state index in [-0.39, 0.29) is 0 Å². The fourth-order valence-electron chi connectivity index (χ4n) is 2.98. The molecule has 0 bridgehead atoms. The van der Waals surface area contributed by atoms with Gasteiger partial charge < -0.3 is 0 Å². The van der Waals surface area contributed by atoms with Crippen LogP contribution in [0.5, 0.6) is 0 Å². The summed E-state index contributed by atoms with van der Waals surface area (Å²) < 4.78 is 29.0. The van der Waals surface area contributed by atoms with Crippen LogP contribution in [0.2, 0.25) is 0 Å². The number of rotatable bonds is 4. The average molecular weight is 353 g/mol. The van der Waals surface area contributed by atoms with Crippen molar-refractivity contribution in [2.75, 3.05) is 19.6 Å². The molecule has 19 heavy (non-hydrogen) atoms. The molecule has 6 heteroatoms. The first-order valence-corrected chi connectivity index (χ1v) is 9.84. The highest BCUT2D eigenvalue weighted by molar-refractivity contribution is 9.09. The summed E-state index contributed by atoms with van der Waals surface area (Å²) in [6.45, 7) is 1.93. The van der Waals surface area contributed by atoms with Gasteiger partial charge in [0.15, 0.2) is 0 Å². The molecule has 0 spiro atoms. The molecular formula is C13H25BrN2O2S. The smallest absolute Gasteiger partial charge is 0.202 e. The number of halogens is 1. The summed E-state index contributed by atoms with van der Waals surface area (Å²) in [4.78, 5) is 0.466. The zero-order chi connectivity index (χ0) is 13.7. The molecule has 0 radical (unpaired) electrons. The third-order valence-electron chi connectivity index (χ3n) is 4.25. The third kappa shape index (κ3) is 4.69. The summed E-state index contributed by atoms with van der Waals surface area (Å²) in [5.74, 6) is 0.440. The van der Waals surface area contributed by atoms with Gasteiger partial charge in [-0.05, 0) is 31.6 Å². The monoisotopic (exact) mass is 352 g/mol. The zero-order valence-electron chi connectivity index (χ0n) is 11.5. The Morgan fingerprint density at radius 3 is 2.26 bits per heavy atom. The Morgan fingerprint density at radius 2 is 1.63 bits per heavy atom. The van der Waals surface area contributed by atoms with Gasteiger partial charge in [-0.1, -0.05) is 41.6 Å². The molecule has 1 N–H and O–H groups in total. The number of hydrogen-bond acceptors (Lipinski definition) is 2. The van der Waals surface area contributed by atoms with Crippen molar-refractivity contribution in [3.8, 4) is 0 Å². The molecule has 2 fully saturated rings. The van der Waals surface area contributed by atoms with Crippen molar-refractivity contribution in [2.45, 2.75) is 56.2 Å². The third-order valence-corrected chi connectivity index (χ3v) is 7.03. The predicted octanol–water partition coefficient (Wildman–Crippen LogP) is 2.65. The van der Waals surface area contributed by atoms with Crippen molar-refractivity contribution in [1.29, 1.82) is 0 Å². The fraction of sp³-hybridized carbons (Fsp3) is 1.00. The number of hydrogen-bond donors (Lipinski definition) is 1. The maximum absolute atomic E-state index is 12.3. The van der Waals surface area contributed by atoms with Gasteiger partial charge in [0.2, 0.25) is 0 Å². The van der Waals surface area contributed by atoms with E-state index in [1.165, 1.54) is 12.8 Å². The van der Waals surface area contributed by atoms with Crippen LogP contribution >= 0.6 is 15.9 Å². The van der Waals surface area contributed by atoms with E-state index in [0.717, 1.165) is 38.5 Å². The molecule has 1 saturated heterocycles. The number of nitrogens with one attached hydrogen (secondary N) is 1. The van der Waals surface area contributed by atoms with Crippen LogP contribution in [0, 0.1) is 5.92 Å². The molecule has 1 aliphatic carbocycles. The van der Waals surface area contributed by atoms with Gasteiger partial charge in [-0.3, -0.25) is 0 Å². The second kappa shape index (κ2) is 7.38. The van der Waals surface area contributed by atoms with Crippen LogP contribution in [0.1, 0.15) is 51.4 Å². The second-order valence-electron chi connectivity index (χ2n) is 5.73. The summed E-state index contributed by atoms with van der Waals surface area (Å²) in [5, 5.41) is 0. The Labute approximate surface area is 125 Å². The minimum Gasteiger partial charge on any atom is -0.202 e. The molecular weight excluding hydrogens is 328 g/mol. The van der Waals surface area contributed by atoms with Crippen molar-refractivity contribution in [3.05, 3.63) is 0 Å². The maximum Gasteiger partial charge on any atom is 0.279 e. The number of nitrogens with zero attached hydrogens (tertiary/aromatic N) is 1. The van der Waals surface area contributed by atoms with Gasteiger partial charge in [0.25, 0.3) is 10.2 Å². The quantitative estimate of drug-likeness (QED) is 0.790. The molecule has 4 nitrogen and oxygen atoms in total. The minimum absolute atomic E-state index is 0.440. The lowest BCUT2D eigenvalue weighted by Crippen LogP contribution is -2.44. The van der Waals surface area contributed by atoms with E-state index in [1.807, 2.05) is 0 Å². The SMILES string of the molecule is O=S(=O)(NCC1CCCCC1Br)N1CCCCCC1. The predicted molar refractivity (Wildman–Crippen MR) is 81.6 cm³/mol. The van der Waals surface area contributed by atoms with Crippen molar-refractivity contribution < 1.29 is 8.42 Å². The van der Waals surface area contributed by atoms with Crippen LogP contribution in [-0.4, -0.2) is 37.2 Å². The molecule has 1 aliphatic heterocycles. The summed E-state index contributed by atoms with van der Waals surface area (Å²) in [7, 11) is -3.27. The molecule has 1 heterocycles. The number of alkyl halides is 1. The van der Waals surface area contributed by atoms with E-state index in [0.29, 0.717) is 30.4 Å². The molecule has 0 aromatic rings. The highest BCUT2D eigenvalue weighted by Crippen LogP contribution is 2.29. The molecule has 2 rings (SSSR count). The van der Waals surface area contributed by atoms with Crippen LogP contribution < -0.4 is 4.72 Å². The summed E-state index contributed by atoms with van der Waals surface area (Å²) in [5.41, 5.74) is 0. The largest absolute Gasteiger partial charge is 0.279 e. The van der Waals surface area contributed by atoms with Gasteiger partial charge in [-0.15, -0.1) is 0 Å². The molecule has 2 unspecified atom stereocenters. The van der Waals surface area contributed by atoms with Gasteiger partial charge in [0.1, 0.15) is 0 Å². The van der Waals surface area contributed by atoms with Crippen molar-refractivity contribution in [3.63, 3.8) is 0 Å². The van der Waals surface area contributed by atoms with E-state index in [4.69, 9.17) is 0 Å². The Kier molecular flexibility index (Phi) is 6.11. The zero-order valence-corrected chi connectivity index (χ0v) is 13.9. The average Bonchev–Trinajstić information content (AvgIpc) is 2.67. The Bertz CT molecular complexity index is 367. The summed E-state index contributed by atoms with van der Waals surface area (Å²) in [6.07, 6.45) is 9.05. The van der Waals surface area contributed by atoms with Gasteiger partial charge >= 0.3 is 0 Å². The molecule has 2 aliphatic rings. The van der Waals surface area contributed by atoms with Crippen LogP contribution in [0.3, 0.4) is 0 Å². The van der Waals surface area contributed by atoms with Crippen molar-refractivity contribution in [2.24, 2.45) is 5.92 Å². The highest BCUT2D eigenvalue weighted by atomic mass is 79.9. The minimum atomic E-state index is -3.27. The van der Waals surface area contributed by atoms with E-state index in [9.17, 15) is 8.42 Å². The van der Waals surface area contributed by atoms with Crippen LogP contribution in [-0.2, 0) is 10.2 Å². The van der Waals surface area contributed by atoms with Gasteiger partial charge in [-0.2, -0.15) is 12.7 Å². The lowest BCUT2D eigenvalue weighted by atomic mass is 9.89. The van der Waals surface area contributed by atoms with Crippen molar-refractivity contribution >= 4 is 26.1 Å².